The van der Waals surface area contributed by atoms with Gasteiger partial charge >= 0.3 is 0 Å². The maximum absolute atomic E-state index is 5.98. The van der Waals surface area contributed by atoms with E-state index in [0.717, 1.165) is 11.4 Å². The number of ether oxygens (including phenoxy) is 1. The normalized spacial score (nSPS) is 10.4. The van der Waals surface area contributed by atoms with Crippen LogP contribution >= 0.6 is 11.6 Å². The van der Waals surface area contributed by atoms with Crippen molar-refractivity contribution >= 4 is 11.6 Å². The molecule has 1 heterocycles. The molecule has 0 fully saturated rings. The van der Waals surface area contributed by atoms with Crippen molar-refractivity contribution in [2.75, 3.05) is 0 Å². The van der Waals surface area contributed by atoms with Gasteiger partial charge in [-0.3, -0.25) is 4.57 Å². The summed E-state index contributed by atoms with van der Waals surface area (Å²) < 4.78 is 7.52. The molecule has 2 aromatic carbocycles. The predicted octanol–water partition coefficient (Wildman–Crippen LogP) is 3.71. The first kappa shape index (κ1) is 11.7. The summed E-state index contributed by atoms with van der Waals surface area (Å²) in [6, 6.07) is 17.1. The second-order valence-corrected chi connectivity index (χ2v) is 4.19. The van der Waals surface area contributed by atoms with Crippen molar-refractivity contribution in [3.8, 4) is 17.2 Å². The van der Waals surface area contributed by atoms with Crippen LogP contribution < -0.4 is 4.74 Å². The van der Waals surface area contributed by atoms with E-state index in [1.807, 2.05) is 54.6 Å². The minimum Gasteiger partial charge on any atom is -0.455 e. The highest BCUT2D eigenvalue weighted by Crippen LogP contribution is 2.29. The summed E-state index contributed by atoms with van der Waals surface area (Å²) in [4.78, 5) is 0. The predicted molar refractivity (Wildman–Crippen MR) is 72.9 cm³/mol. The first-order valence-electron chi connectivity index (χ1n) is 5.72. The van der Waals surface area contributed by atoms with E-state index >= 15 is 0 Å². The van der Waals surface area contributed by atoms with Gasteiger partial charge in [-0.05, 0) is 35.9 Å². The molecule has 19 heavy (non-hydrogen) atoms. The Kier molecular flexibility index (Phi) is 3.16. The number of halogens is 1. The topological polar surface area (TPSA) is 39.9 Å². The molecule has 0 aliphatic rings. The molecule has 3 aromatic rings. The van der Waals surface area contributed by atoms with Gasteiger partial charge in [0.2, 0.25) is 5.28 Å². The summed E-state index contributed by atoms with van der Waals surface area (Å²) >= 11 is 5.98. The van der Waals surface area contributed by atoms with E-state index in [1.54, 1.807) is 10.9 Å². The summed E-state index contributed by atoms with van der Waals surface area (Å²) in [7, 11) is 0. The minimum atomic E-state index is 0.295. The van der Waals surface area contributed by atoms with Crippen molar-refractivity contribution in [2.45, 2.75) is 0 Å². The van der Waals surface area contributed by atoms with Crippen molar-refractivity contribution in [3.63, 3.8) is 0 Å². The van der Waals surface area contributed by atoms with Gasteiger partial charge in [-0.2, -0.15) is 0 Å². The third-order valence-corrected chi connectivity index (χ3v) is 2.86. The molecule has 0 aliphatic carbocycles. The molecule has 0 N–H and O–H groups in total. The maximum Gasteiger partial charge on any atom is 0.229 e. The zero-order chi connectivity index (χ0) is 13.1. The molecular weight excluding hydrogens is 262 g/mol. The molecule has 94 valence electrons. The van der Waals surface area contributed by atoms with Gasteiger partial charge in [0.15, 0.2) is 5.75 Å². The lowest BCUT2D eigenvalue weighted by molar-refractivity contribution is 0.480. The molecule has 3 rings (SSSR count). The first-order valence-corrected chi connectivity index (χ1v) is 6.10. The molecule has 5 heteroatoms. The van der Waals surface area contributed by atoms with Gasteiger partial charge in [0.1, 0.15) is 12.1 Å². The highest BCUT2D eigenvalue weighted by Gasteiger charge is 2.09. The molecule has 0 bridgehead atoms. The lowest BCUT2D eigenvalue weighted by Gasteiger charge is -2.11. The van der Waals surface area contributed by atoms with Crippen LogP contribution in [0.15, 0.2) is 60.9 Å². The Morgan fingerprint density at radius 2 is 1.68 bits per heavy atom. The van der Waals surface area contributed by atoms with Gasteiger partial charge in [-0.15, -0.1) is 10.2 Å². The van der Waals surface area contributed by atoms with Gasteiger partial charge in [0.25, 0.3) is 0 Å². The fraction of sp³-hybridized carbons (Fsp3) is 0. The van der Waals surface area contributed by atoms with Crippen LogP contribution in [-0.4, -0.2) is 14.8 Å². The first-order chi connectivity index (χ1) is 9.34. The van der Waals surface area contributed by atoms with Crippen molar-refractivity contribution in [2.24, 2.45) is 0 Å². The number of nitrogens with zero attached hydrogens (tertiary/aromatic N) is 3. The Labute approximate surface area is 115 Å². The summed E-state index contributed by atoms with van der Waals surface area (Å²) in [6.07, 6.45) is 1.55. The molecule has 0 spiro atoms. The van der Waals surface area contributed by atoms with E-state index < -0.39 is 0 Å². The Morgan fingerprint density at radius 1 is 0.947 bits per heavy atom. The lowest BCUT2D eigenvalue weighted by Crippen LogP contribution is -1.96. The highest BCUT2D eigenvalue weighted by molar-refractivity contribution is 6.28. The van der Waals surface area contributed by atoms with Crippen molar-refractivity contribution in [1.82, 2.24) is 14.8 Å². The number of benzene rings is 2. The average molecular weight is 272 g/mol. The van der Waals surface area contributed by atoms with Gasteiger partial charge in [-0.25, -0.2) is 0 Å². The third kappa shape index (κ3) is 2.44. The zero-order valence-corrected chi connectivity index (χ0v) is 10.7. The van der Waals surface area contributed by atoms with E-state index in [-0.39, 0.29) is 0 Å². The van der Waals surface area contributed by atoms with Crippen molar-refractivity contribution in [1.29, 1.82) is 0 Å². The number of hydrogen-bond acceptors (Lipinski definition) is 3. The highest BCUT2D eigenvalue weighted by atomic mass is 35.5. The van der Waals surface area contributed by atoms with Crippen LogP contribution in [-0.2, 0) is 0 Å². The Hall–Kier alpha value is -2.33. The van der Waals surface area contributed by atoms with E-state index in [1.165, 1.54) is 0 Å². The Morgan fingerprint density at radius 3 is 2.42 bits per heavy atom. The van der Waals surface area contributed by atoms with E-state index in [0.29, 0.717) is 11.0 Å². The van der Waals surface area contributed by atoms with Crippen LogP contribution in [0, 0.1) is 0 Å². The maximum atomic E-state index is 5.98. The number of para-hydroxylation sites is 3. The fourth-order valence-electron chi connectivity index (χ4n) is 1.74. The molecule has 1 aromatic heterocycles. The second-order valence-electron chi connectivity index (χ2n) is 3.85. The summed E-state index contributed by atoms with van der Waals surface area (Å²) in [5.41, 5.74) is 0.793. The standard InChI is InChI=1S/C14H10ClN3O/c15-14-17-16-10-18(14)12-8-4-5-9-13(12)19-11-6-2-1-3-7-11/h1-10H. The fourth-order valence-corrected chi connectivity index (χ4v) is 1.92. The van der Waals surface area contributed by atoms with E-state index in [2.05, 4.69) is 10.2 Å². The molecule has 0 saturated heterocycles. The van der Waals surface area contributed by atoms with Gasteiger partial charge < -0.3 is 4.74 Å². The van der Waals surface area contributed by atoms with Crippen LogP contribution in [0.1, 0.15) is 0 Å². The van der Waals surface area contributed by atoms with Crippen LogP contribution in [0.2, 0.25) is 5.28 Å². The lowest BCUT2D eigenvalue weighted by atomic mass is 10.3. The molecular formula is C14H10ClN3O. The van der Waals surface area contributed by atoms with Gasteiger partial charge in [-0.1, -0.05) is 30.3 Å². The zero-order valence-electron chi connectivity index (χ0n) is 9.90. The van der Waals surface area contributed by atoms with Crippen molar-refractivity contribution in [3.05, 3.63) is 66.2 Å². The van der Waals surface area contributed by atoms with Crippen molar-refractivity contribution < 1.29 is 4.74 Å². The minimum absolute atomic E-state index is 0.295. The van der Waals surface area contributed by atoms with E-state index in [9.17, 15) is 0 Å². The Bertz CT molecular complexity index is 682. The molecule has 0 radical (unpaired) electrons. The smallest absolute Gasteiger partial charge is 0.229 e. The monoisotopic (exact) mass is 271 g/mol. The van der Waals surface area contributed by atoms with Gasteiger partial charge in [0.05, 0.1) is 5.69 Å². The number of hydrogen-bond donors (Lipinski definition) is 0. The number of rotatable bonds is 3. The average Bonchev–Trinajstić information content (AvgIpc) is 2.87. The van der Waals surface area contributed by atoms with Crippen LogP contribution in [0.25, 0.3) is 5.69 Å². The molecule has 0 aliphatic heterocycles. The molecule has 4 nitrogen and oxygen atoms in total. The van der Waals surface area contributed by atoms with Crippen LogP contribution in [0.3, 0.4) is 0 Å². The van der Waals surface area contributed by atoms with Crippen LogP contribution in [0.5, 0.6) is 11.5 Å². The summed E-state index contributed by atoms with van der Waals surface area (Å²) in [5, 5.41) is 7.83. The summed E-state index contributed by atoms with van der Waals surface area (Å²) in [5.74, 6) is 1.45. The molecule has 0 amide bonds. The molecule has 0 unspecified atom stereocenters. The number of aromatic nitrogens is 3. The van der Waals surface area contributed by atoms with Crippen LogP contribution in [0.4, 0.5) is 0 Å². The Balaban J connectivity index is 2.01. The molecule has 0 atom stereocenters. The summed E-state index contributed by atoms with van der Waals surface area (Å²) in [6.45, 7) is 0. The molecule has 0 saturated carbocycles. The quantitative estimate of drug-likeness (QED) is 0.729. The largest absolute Gasteiger partial charge is 0.455 e. The SMILES string of the molecule is Clc1nncn1-c1ccccc1Oc1ccccc1. The third-order valence-electron chi connectivity index (χ3n) is 2.60. The van der Waals surface area contributed by atoms with E-state index in [4.69, 9.17) is 16.3 Å². The van der Waals surface area contributed by atoms with Gasteiger partial charge in [0, 0.05) is 0 Å². The second kappa shape index (κ2) is 5.12.